The molecule has 1 aliphatic heterocycles. The second kappa shape index (κ2) is 7.12. The fraction of sp³-hybridized carbons (Fsp3) is 0.278. The number of hydrogen-bond donors (Lipinski definition) is 1. The van der Waals surface area contributed by atoms with Gasteiger partial charge in [0.05, 0.1) is 18.4 Å². The van der Waals surface area contributed by atoms with Crippen LogP contribution in [0.25, 0.3) is 0 Å². The van der Waals surface area contributed by atoms with E-state index in [1.54, 1.807) is 30.5 Å². The Bertz CT molecular complexity index is 755. The number of pyridine rings is 1. The molecule has 0 atom stereocenters. The molecule has 3 rings (SSSR count). The number of aromatic nitrogens is 1. The van der Waals surface area contributed by atoms with Crippen molar-refractivity contribution in [1.29, 1.82) is 0 Å². The number of carbonyl (C=O) groups is 2. The van der Waals surface area contributed by atoms with Crippen LogP contribution in [0.5, 0.6) is 0 Å². The minimum Gasteiger partial charge on any atom is -0.465 e. The van der Waals surface area contributed by atoms with Gasteiger partial charge in [0.1, 0.15) is 0 Å². The molecule has 124 valence electrons. The Morgan fingerprint density at radius 2 is 1.88 bits per heavy atom. The Labute approximate surface area is 140 Å². The Kier molecular flexibility index (Phi) is 4.74. The smallest absolute Gasteiger partial charge is 0.337 e. The summed E-state index contributed by atoms with van der Waals surface area (Å²) in [6.45, 7) is 1.88. The van der Waals surface area contributed by atoms with Gasteiger partial charge in [0.25, 0.3) is 5.91 Å². The van der Waals surface area contributed by atoms with E-state index in [4.69, 9.17) is 0 Å². The molecule has 0 aliphatic carbocycles. The van der Waals surface area contributed by atoms with Crippen LogP contribution in [0.2, 0.25) is 0 Å². The van der Waals surface area contributed by atoms with E-state index in [0.29, 0.717) is 16.8 Å². The van der Waals surface area contributed by atoms with Crippen molar-refractivity contribution in [2.75, 3.05) is 30.4 Å². The van der Waals surface area contributed by atoms with Gasteiger partial charge in [0.2, 0.25) is 0 Å². The second-order valence-corrected chi connectivity index (χ2v) is 5.60. The summed E-state index contributed by atoms with van der Waals surface area (Å²) in [6, 6.07) is 10.1. The molecule has 0 spiro atoms. The third-order valence-corrected chi connectivity index (χ3v) is 3.99. The summed E-state index contributed by atoms with van der Waals surface area (Å²) in [4.78, 5) is 30.7. The summed E-state index contributed by atoms with van der Waals surface area (Å²) in [7, 11) is 1.31. The van der Waals surface area contributed by atoms with Crippen molar-refractivity contribution in [2.45, 2.75) is 12.8 Å². The number of esters is 1. The lowest BCUT2D eigenvalue weighted by Gasteiger charge is -2.20. The molecule has 6 nitrogen and oxygen atoms in total. The highest BCUT2D eigenvalue weighted by Gasteiger charge is 2.18. The quantitative estimate of drug-likeness (QED) is 0.875. The first-order valence-electron chi connectivity index (χ1n) is 7.89. The van der Waals surface area contributed by atoms with E-state index >= 15 is 0 Å². The molecule has 1 aliphatic rings. The van der Waals surface area contributed by atoms with Crippen molar-refractivity contribution in [3.05, 3.63) is 53.7 Å². The standard InChI is InChI=1S/C18H19N3O3/c1-24-18(23)14-7-4-6-13(12-14)17(22)20-15-8-5-9-19-16(15)21-10-2-3-11-21/h4-9,12H,2-3,10-11H2,1H3,(H,20,22). The van der Waals surface area contributed by atoms with Gasteiger partial charge in [0.15, 0.2) is 5.82 Å². The molecule has 2 heterocycles. The van der Waals surface area contributed by atoms with Gasteiger partial charge in [-0.2, -0.15) is 0 Å². The third-order valence-electron chi connectivity index (χ3n) is 3.99. The largest absolute Gasteiger partial charge is 0.465 e. The van der Waals surface area contributed by atoms with Crippen LogP contribution in [0.3, 0.4) is 0 Å². The molecule has 0 radical (unpaired) electrons. The average Bonchev–Trinajstić information content (AvgIpc) is 3.16. The zero-order chi connectivity index (χ0) is 16.9. The number of nitrogens with one attached hydrogen (secondary N) is 1. The van der Waals surface area contributed by atoms with E-state index in [0.717, 1.165) is 31.7 Å². The van der Waals surface area contributed by atoms with Crippen molar-refractivity contribution in [1.82, 2.24) is 4.98 Å². The highest BCUT2D eigenvalue weighted by molar-refractivity contribution is 6.06. The Morgan fingerprint density at radius 1 is 1.12 bits per heavy atom. The number of rotatable bonds is 4. The summed E-state index contributed by atoms with van der Waals surface area (Å²) in [6.07, 6.45) is 3.98. The molecule has 0 saturated carbocycles. The summed E-state index contributed by atoms with van der Waals surface area (Å²) in [5, 5.41) is 2.89. The molecule has 24 heavy (non-hydrogen) atoms. The van der Waals surface area contributed by atoms with Gasteiger partial charge in [-0.15, -0.1) is 0 Å². The molecule has 1 aromatic heterocycles. The van der Waals surface area contributed by atoms with Crippen molar-refractivity contribution < 1.29 is 14.3 Å². The molecule has 1 amide bonds. The minimum atomic E-state index is -0.469. The molecule has 0 bridgehead atoms. The number of hydrogen-bond acceptors (Lipinski definition) is 5. The average molecular weight is 325 g/mol. The van der Waals surface area contributed by atoms with Crippen LogP contribution in [-0.4, -0.2) is 37.1 Å². The van der Waals surface area contributed by atoms with E-state index in [1.807, 2.05) is 6.07 Å². The van der Waals surface area contributed by atoms with Crippen LogP contribution in [0.4, 0.5) is 11.5 Å². The Hall–Kier alpha value is -2.89. The summed E-state index contributed by atoms with van der Waals surface area (Å²) >= 11 is 0. The number of methoxy groups -OCH3 is 1. The van der Waals surface area contributed by atoms with Gasteiger partial charge in [0, 0.05) is 24.8 Å². The second-order valence-electron chi connectivity index (χ2n) is 5.60. The van der Waals surface area contributed by atoms with Gasteiger partial charge in [-0.25, -0.2) is 9.78 Å². The first-order chi connectivity index (χ1) is 11.7. The molecular weight excluding hydrogens is 306 g/mol. The Morgan fingerprint density at radius 3 is 2.62 bits per heavy atom. The van der Waals surface area contributed by atoms with Crippen LogP contribution in [0, 0.1) is 0 Å². The van der Waals surface area contributed by atoms with Gasteiger partial charge in [-0.05, 0) is 43.2 Å². The van der Waals surface area contributed by atoms with Crippen LogP contribution in [0.15, 0.2) is 42.6 Å². The van der Waals surface area contributed by atoms with E-state index < -0.39 is 5.97 Å². The van der Waals surface area contributed by atoms with Gasteiger partial charge < -0.3 is 15.0 Å². The van der Waals surface area contributed by atoms with Crippen LogP contribution < -0.4 is 10.2 Å². The fourth-order valence-corrected chi connectivity index (χ4v) is 2.78. The van der Waals surface area contributed by atoms with E-state index in [1.165, 1.54) is 13.2 Å². The number of nitrogens with zero attached hydrogens (tertiary/aromatic N) is 2. The van der Waals surface area contributed by atoms with Crippen LogP contribution in [0.1, 0.15) is 33.6 Å². The zero-order valence-corrected chi connectivity index (χ0v) is 13.5. The predicted molar refractivity (Wildman–Crippen MR) is 91.4 cm³/mol. The van der Waals surface area contributed by atoms with Gasteiger partial charge in [-0.1, -0.05) is 6.07 Å². The topological polar surface area (TPSA) is 71.5 Å². The molecule has 0 unspecified atom stereocenters. The maximum Gasteiger partial charge on any atom is 0.337 e. The summed E-state index contributed by atoms with van der Waals surface area (Å²) in [5.41, 5.74) is 1.41. The number of ether oxygens (including phenoxy) is 1. The number of amides is 1. The molecule has 1 fully saturated rings. The van der Waals surface area contributed by atoms with Crippen LogP contribution >= 0.6 is 0 Å². The fourth-order valence-electron chi connectivity index (χ4n) is 2.78. The lowest BCUT2D eigenvalue weighted by molar-refractivity contribution is 0.0600. The van der Waals surface area contributed by atoms with E-state index in [-0.39, 0.29) is 5.91 Å². The maximum absolute atomic E-state index is 12.5. The lowest BCUT2D eigenvalue weighted by atomic mass is 10.1. The maximum atomic E-state index is 12.5. The van der Waals surface area contributed by atoms with E-state index in [2.05, 4.69) is 19.9 Å². The van der Waals surface area contributed by atoms with Crippen molar-refractivity contribution in [3.63, 3.8) is 0 Å². The number of anilines is 2. The van der Waals surface area contributed by atoms with Crippen molar-refractivity contribution in [3.8, 4) is 0 Å². The molecule has 1 saturated heterocycles. The van der Waals surface area contributed by atoms with Crippen molar-refractivity contribution in [2.24, 2.45) is 0 Å². The zero-order valence-electron chi connectivity index (χ0n) is 13.5. The molecule has 1 aromatic carbocycles. The normalized spacial score (nSPS) is 13.6. The molecule has 6 heteroatoms. The summed E-state index contributed by atoms with van der Waals surface area (Å²) in [5.74, 6) is 0.0328. The molecular formula is C18H19N3O3. The number of benzene rings is 1. The van der Waals surface area contributed by atoms with Crippen molar-refractivity contribution >= 4 is 23.4 Å². The van der Waals surface area contributed by atoms with E-state index in [9.17, 15) is 9.59 Å². The first kappa shape index (κ1) is 16.0. The highest BCUT2D eigenvalue weighted by atomic mass is 16.5. The van der Waals surface area contributed by atoms with Gasteiger partial charge in [-0.3, -0.25) is 4.79 Å². The molecule has 1 N–H and O–H groups in total. The highest BCUT2D eigenvalue weighted by Crippen LogP contribution is 2.26. The lowest BCUT2D eigenvalue weighted by Crippen LogP contribution is -2.22. The SMILES string of the molecule is COC(=O)c1cccc(C(=O)Nc2cccnc2N2CCCC2)c1. The predicted octanol–water partition coefficient (Wildman–Crippen LogP) is 2.72. The third kappa shape index (κ3) is 3.37. The minimum absolute atomic E-state index is 0.283. The molecule has 2 aromatic rings. The van der Waals surface area contributed by atoms with Crippen LogP contribution in [-0.2, 0) is 4.74 Å². The van der Waals surface area contributed by atoms with Gasteiger partial charge >= 0.3 is 5.97 Å². The number of carbonyl (C=O) groups excluding carboxylic acids is 2. The Balaban J connectivity index is 1.81. The summed E-state index contributed by atoms with van der Waals surface area (Å²) < 4.78 is 4.69. The monoisotopic (exact) mass is 325 g/mol. The first-order valence-corrected chi connectivity index (χ1v) is 7.89.